The van der Waals surface area contributed by atoms with Crippen LogP contribution in [-0.4, -0.2) is 35.0 Å². The lowest BCUT2D eigenvalue weighted by Gasteiger charge is -2.21. The minimum Gasteiger partial charge on any atom is -0.354 e. The van der Waals surface area contributed by atoms with Crippen LogP contribution in [0.15, 0.2) is 29.2 Å². The van der Waals surface area contributed by atoms with E-state index in [0.717, 1.165) is 35.7 Å². The van der Waals surface area contributed by atoms with E-state index in [0.29, 0.717) is 23.8 Å². The molecule has 0 aromatic heterocycles. The van der Waals surface area contributed by atoms with Gasteiger partial charge in [-0.15, -0.1) is 0 Å². The largest absolute Gasteiger partial charge is 0.354 e. The average Bonchev–Trinajstić information content (AvgIpc) is 2.92. The molecule has 5 nitrogen and oxygen atoms in total. The minimum atomic E-state index is -0.285. The van der Waals surface area contributed by atoms with Crippen LogP contribution in [0.5, 0.6) is 0 Å². The number of nitrogens with one attached hydrogen (secondary N) is 1. The highest BCUT2D eigenvalue weighted by atomic mass is 32.2. The topological polar surface area (TPSA) is 66.5 Å². The maximum atomic E-state index is 12.5. The van der Waals surface area contributed by atoms with Crippen molar-refractivity contribution in [1.82, 2.24) is 10.2 Å². The first-order valence-electron chi connectivity index (χ1n) is 9.61. The minimum absolute atomic E-state index is 0.0177. The molecule has 1 aromatic rings. The number of hydrogen-bond acceptors (Lipinski definition) is 4. The zero-order chi connectivity index (χ0) is 19.2. The van der Waals surface area contributed by atoms with E-state index in [1.807, 2.05) is 31.2 Å². The molecule has 0 spiro atoms. The number of carbonyl (C=O) groups is 3. The third-order valence-electron chi connectivity index (χ3n) is 5.11. The van der Waals surface area contributed by atoms with Gasteiger partial charge in [0.15, 0.2) is 0 Å². The van der Waals surface area contributed by atoms with E-state index < -0.39 is 0 Å². The second-order valence-corrected chi connectivity index (χ2v) is 8.30. The Morgan fingerprint density at radius 1 is 1.19 bits per heavy atom. The molecule has 1 heterocycles. The number of hydrogen-bond donors (Lipinski definition) is 1. The highest BCUT2D eigenvalue weighted by molar-refractivity contribution is 8.18. The Balaban J connectivity index is 1.48. The number of carbonyl (C=O) groups excluding carboxylic acids is 3. The molecule has 144 valence electrons. The number of benzene rings is 1. The van der Waals surface area contributed by atoms with E-state index in [-0.39, 0.29) is 23.6 Å². The molecular formula is C21H26N2O3S. The second-order valence-electron chi connectivity index (χ2n) is 7.30. The number of amides is 3. The Hall–Kier alpha value is -2.08. The highest BCUT2D eigenvalue weighted by Gasteiger charge is 2.34. The SMILES string of the molecule is Cc1ccc(/C=C2\SC(=O)N(CCNC(=O)CC3CCCCC3)C2=O)cc1. The van der Waals surface area contributed by atoms with Crippen LogP contribution >= 0.6 is 11.8 Å². The molecule has 0 bridgehead atoms. The van der Waals surface area contributed by atoms with Crippen molar-refractivity contribution in [2.45, 2.75) is 45.4 Å². The van der Waals surface area contributed by atoms with Crippen molar-refractivity contribution in [3.8, 4) is 0 Å². The maximum absolute atomic E-state index is 12.5. The van der Waals surface area contributed by atoms with Crippen molar-refractivity contribution in [1.29, 1.82) is 0 Å². The third kappa shape index (κ3) is 5.45. The van der Waals surface area contributed by atoms with Crippen LogP contribution in [0.25, 0.3) is 6.08 Å². The molecule has 6 heteroatoms. The van der Waals surface area contributed by atoms with Gasteiger partial charge in [-0.2, -0.15) is 0 Å². The summed E-state index contributed by atoms with van der Waals surface area (Å²) in [6.07, 6.45) is 8.24. The molecule has 0 atom stereocenters. The number of nitrogens with zero attached hydrogens (tertiary/aromatic N) is 1. The van der Waals surface area contributed by atoms with Gasteiger partial charge in [0.25, 0.3) is 11.1 Å². The van der Waals surface area contributed by atoms with E-state index >= 15 is 0 Å². The Kier molecular flexibility index (Phi) is 6.72. The molecule has 0 unspecified atom stereocenters. The highest BCUT2D eigenvalue weighted by Crippen LogP contribution is 2.32. The fourth-order valence-corrected chi connectivity index (χ4v) is 4.40. The average molecular weight is 387 g/mol. The standard InChI is InChI=1S/C21H26N2O3S/c1-15-7-9-17(10-8-15)13-18-20(25)23(21(26)27-18)12-11-22-19(24)14-16-5-3-2-4-6-16/h7-10,13,16H,2-6,11-12,14H2,1H3,(H,22,24)/b18-13-. The quantitative estimate of drug-likeness (QED) is 0.747. The van der Waals surface area contributed by atoms with Crippen LogP contribution in [0, 0.1) is 12.8 Å². The van der Waals surface area contributed by atoms with Crippen LogP contribution in [0.1, 0.15) is 49.7 Å². The van der Waals surface area contributed by atoms with E-state index in [1.165, 1.54) is 24.2 Å². The monoisotopic (exact) mass is 386 g/mol. The summed E-state index contributed by atoms with van der Waals surface area (Å²) in [6, 6.07) is 7.79. The lowest BCUT2D eigenvalue weighted by Crippen LogP contribution is -2.37. The van der Waals surface area contributed by atoms with Gasteiger partial charge in [-0.25, -0.2) is 0 Å². The first-order chi connectivity index (χ1) is 13.0. The first-order valence-corrected chi connectivity index (χ1v) is 10.4. The van der Waals surface area contributed by atoms with Gasteiger partial charge in [-0.05, 0) is 49.1 Å². The van der Waals surface area contributed by atoms with Gasteiger partial charge >= 0.3 is 0 Å². The summed E-state index contributed by atoms with van der Waals surface area (Å²) in [4.78, 5) is 38.3. The summed E-state index contributed by atoms with van der Waals surface area (Å²) in [5.41, 5.74) is 2.04. The lowest BCUT2D eigenvalue weighted by atomic mass is 9.87. The molecule has 2 aliphatic rings. The molecule has 1 aromatic carbocycles. The molecule has 3 rings (SSSR count). The molecule has 2 fully saturated rings. The van der Waals surface area contributed by atoms with Gasteiger partial charge in [-0.1, -0.05) is 49.1 Å². The number of aryl methyl sites for hydroxylation is 1. The zero-order valence-electron chi connectivity index (χ0n) is 15.7. The normalized spacial score (nSPS) is 19.7. The van der Waals surface area contributed by atoms with Crippen molar-refractivity contribution in [3.63, 3.8) is 0 Å². The summed E-state index contributed by atoms with van der Waals surface area (Å²) in [5, 5.41) is 2.58. The van der Waals surface area contributed by atoms with Gasteiger partial charge < -0.3 is 5.32 Å². The summed E-state index contributed by atoms with van der Waals surface area (Å²) in [5.74, 6) is 0.213. The molecule has 1 saturated heterocycles. The number of thioether (sulfide) groups is 1. The van der Waals surface area contributed by atoms with E-state index in [1.54, 1.807) is 6.08 Å². The fraction of sp³-hybridized carbons (Fsp3) is 0.476. The van der Waals surface area contributed by atoms with Crippen molar-refractivity contribution < 1.29 is 14.4 Å². The first kappa shape index (κ1) is 19.7. The Labute approximate surface area is 164 Å². The van der Waals surface area contributed by atoms with Gasteiger partial charge in [0, 0.05) is 19.5 Å². The van der Waals surface area contributed by atoms with E-state index in [2.05, 4.69) is 5.32 Å². The van der Waals surface area contributed by atoms with Crippen LogP contribution in [0.3, 0.4) is 0 Å². The molecule has 1 aliphatic carbocycles. The summed E-state index contributed by atoms with van der Waals surface area (Å²) in [7, 11) is 0. The molecule has 1 aliphatic heterocycles. The van der Waals surface area contributed by atoms with Crippen LogP contribution < -0.4 is 5.32 Å². The molecule has 27 heavy (non-hydrogen) atoms. The Bertz CT molecular complexity index is 736. The van der Waals surface area contributed by atoms with Gasteiger partial charge in [0.1, 0.15) is 0 Å². The smallest absolute Gasteiger partial charge is 0.293 e. The van der Waals surface area contributed by atoms with E-state index in [9.17, 15) is 14.4 Å². The predicted molar refractivity (Wildman–Crippen MR) is 108 cm³/mol. The molecule has 3 amide bonds. The van der Waals surface area contributed by atoms with Crippen LogP contribution in [0.2, 0.25) is 0 Å². The number of rotatable bonds is 6. The van der Waals surface area contributed by atoms with Crippen molar-refractivity contribution in [3.05, 3.63) is 40.3 Å². The number of imide groups is 1. The predicted octanol–water partition coefficient (Wildman–Crippen LogP) is 4.12. The van der Waals surface area contributed by atoms with Crippen molar-refractivity contribution in [2.24, 2.45) is 5.92 Å². The lowest BCUT2D eigenvalue weighted by molar-refractivity contribution is -0.124. The Morgan fingerprint density at radius 2 is 1.89 bits per heavy atom. The molecular weight excluding hydrogens is 360 g/mol. The van der Waals surface area contributed by atoms with Gasteiger partial charge in [-0.3, -0.25) is 19.3 Å². The van der Waals surface area contributed by atoms with Crippen LogP contribution in [-0.2, 0) is 9.59 Å². The van der Waals surface area contributed by atoms with Gasteiger partial charge in [0.2, 0.25) is 5.91 Å². The summed E-state index contributed by atoms with van der Waals surface area (Å²) < 4.78 is 0. The van der Waals surface area contributed by atoms with Gasteiger partial charge in [0.05, 0.1) is 4.91 Å². The van der Waals surface area contributed by atoms with E-state index in [4.69, 9.17) is 0 Å². The Morgan fingerprint density at radius 3 is 2.59 bits per heavy atom. The maximum Gasteiger partial charge on any atom is 0.293 e. The second kappa shape index (κ2) is 9.22. The molecule has 0 radical (unpaired) electrons. The fourth-order valence-electron chi connectivity index (χ4n) is 3.54. The zero-order valence-corrected chi connectivity index (χ0v) is 16.5. The third-order valence-corrected chi connectivity index (χ3v) is 6.01. The van der Waals surface area contributed by atoms with Crippen molar-refractivity contribution >= 4 is 34.9 Å². The van der Waals surface area contributed by atoms with Crippen LogP contribution in [0.4, 0.5) is 4.79 Å². The molecule has 1 N–H and O–H groups in total. The molecule has 1 saturated carbocycles. The summed E-state index contributed by atoms with van der Waals surface area (Å²) >= 11 is 0.954. The van der Waals surface area contributed by atoms with Crippen molar-refractivity contribution in [2.75, 3.05) is 13.1 Å². The summed E-state index contributed by atoms with van der Waals surface area (Å²) in [6.45, 7) is 2.52.